The molecule has 1 fully saturated rings. The lowest BCUT2D eigenvalue weighted by Crippen LogP contribution is -2.49. The van der Waals surface area contributed by atoms with Crippen LogP contribution in [0, 0.1) is 10.1 Å². The van der Waals surface area contributed by atoms with Crippen LogP contribution in [0.25, 0.3) is 0 Å². The number of benzene rings is 2. The first-order chi connectivity index (χ1) is 19.3. The number of carbonyl (C=O) groups excluding carboxylic acids is 1. The van der Waals surface area contributed by atoms with E-state index in [9.17, 15) is 14.9 Å². The third-order valence-electron chi connectivity index (χ3n) is 6.62. The summed E-state index contributed by atoms with van der Waals surface area (Å²) < 4.78 is 10.7. The molecule has 4 rings (SSSR count). The molecule has 1 aliphatic heterocycles. The van der Waals surface area contributed by atoms with Gasteiger partial charge >= 0.3 is 0 Å². The Bertz CT molecular complexity index is 1340. The molecule has 1 aliphatic rings. The van der Waals surface area contributed by atoms with Crippen LogP contribution in [0.4, 0.5) is 17.2 Å². The number of anilines is 2. The molecule has 13 heteroatoms. The van der Waals surface area contributed by atoms with Gasteiger partial charge in [0, 0.05) is 63.7 Å². The number of rotatable bonds is 11. The number of piperazine rings is 1. The van der Waals surface area contributed by atoms with E-state index in [4.69, 9.17) is 21.1 Å². The minimum atomic E-state index is -0.414. The van der Waals surface area contributed by atoms with Gasteiger partial charge in [0.1, 0.15) is 11.0 Å². The van der Waals surface area contributed by atoms with E-state index >= 15 is 0 Å². The molecule has 0 aliphatic carbocycles. The number of halogens is 1. The van der Waals surface area contributed by atoms with E-state index in [1.54, 1.807) is 32.4 Å². The number of aromatic nitrogens is 2. The van der Waals surface area contributed by atoms with Crippen LogP contribution in [-0.4, -0.2) is 85.4 Å². The van der Waals surface area contributed by atoms with Gasteiger partial charge in [0.15, 0.2) is 16.7 Å². The number of hydrogen-bond donors (Lipinski definition) is 0. The smallest absolute Gasteiger partial charge is 0.269 e. The average molecular weight is 587 g/mol. The summed E-state index contributed by atoms with van der Waals surface area (Å²) in [4.78, 5) is 38.2. The summed E-state index contributed by atoms with van der Waals surface area (Å²) in [6.07, 6.45) is 0.755. The summed E-state index contributed by atoms with van der Waals surface area (Å²) in [5.41, 5.74) is 2.06. The van der Waals surface area contributed by atoms with Crippen molar-refractivity contribution in [1.29, 1.82) is 0 Å². The zero-order valence-electron chi connectivity index (χ0n) is 22.6. The number of non-ortho nitro benzene ring substituents is 1. The van der Waals surface area contributed by atoms with Crippen LogP contribution in [0.5, 0.6) is 11.5 Å². The van der Waals surface area contributed by atoms with Crippen molar-refractivity contribution in [2.24, 2.45) is 0 Å². The molecule has 0 atom stereocenters. The molecule has 3 aromatic rings. The van der Waals surface area contributed by atoms with E-state index in [0.717, 1.165) is 17.7 Å². The number of amides is 1. The van der Waals surface area contributed by atoms with Crippen molar-refractivity contribution in [3.05, 3.63) is 69.4 Å². The van der Waals surface area contributed by atoms with E-state index < -0.39 is 4.92 Å². The largest absolute Gasteiger partial charge is 0.493 e. The maximum Gasteiger partial charge on any atom is 0.269 e. The van der Waals surface area contributed by atoms with Crippen LogP contribution in [0.2, 0.25) is 5.15 Å². The van der Waals surface area contributed by atoms with Gasteiger partial charge in [-0.25, -0.2) is 9.97 Å². The maximum absolute atomic E-state index is 12.9. The molecule has 2 aromatic carbocycles. The number of nitrogens with zero attached hydrogens (tertiary/aromatic N) is 6. The van der Waals surface area contributed by atoms with Crippen molar-refractivity contribution in [2.75, 3.05) is 69.5 Å². The van der Waals surface area contributed by atoms with Crippen molar-refractivity contribution in [2.45, 2.75) is 11.6 Å². The van der Waals surface area contributed by atoms with E-state index in [0.29, 0.717) is 60.4 Å². The fourth-order valence-electron chi connectivity index (χ4n) is 4.31. The third kappa shape index (κ3) is 7.45. The number of ether oxygens (including phenoxy) is 2. The highest BCUT2D eigenvalue weighted by atomic mass is 35.5. The highest BCUT2D eigenvalue weighted by molar-refractivity contribution is 7.99. The second kappa shape index (κ2) is 13.5. The number of methoxy groups -OCH3 is 2. The minimum absolute atomic E-state index is 0.000262. The van der Waals surface area contributed by atoms with E-state index in [2.05, 4.69) is 14.9 Å². The summed E-state index contributed by atoms with van der Waals surface area (Å²) >= 11 is 7.55. The fraction of sp³-hybridized carbons (Fsp3) is 0.370. The van der Waals surface area contributed by atoms with Crippen LogP contribution in [0.15, 0.2) is 53.7 Å². The van der Waals surface area contributed by atoms with Crippen molar-refractivity contribution < 1.29 is 19.2 Å². The molecule has 0 spiro atoms. The van der Waals surface area contributed by atoms with Gasteiger partial charge < -0.3 is 24.2 Å². The molecule has 0 radical (unpaired) electrons. The van der Waals surface area contributed by atoms with Gasteiger partial charge in [0.25, 0.3) is 5.69 Å². The first-order valence-corrected chi connectivity index (χ1v) is 14.0. The Labute approximate surface area is 242 Å². The van der Waals surface area contributed by atoms with Crippen LogP contribution >= 0.6 is 23.4 Å². The van der Waals surface area contributed by atoms with Gasteiger partial charge in [-0.05, 0) is 36.2 Å². The third-order valence-corrected chi connectivity index (χ3v) is 7.64. The summed E-state index contributed by atoms with van der Waals surface area (Å²) in [7, 11) is 5.16. The molecule has 1 amide bonds. The Morgan fingerprint density at radius 2 is 1.75 bits per heavy atom. The standard InChI is InChI=1S/C27H31ClN6O5S/c1-31(11-10-19-4-9-22(38-2)23(16-19)39-3)25-17-24(28)29-27(30-25)40-18-26(35)33-14-12-32(13-15-33)20-5-7-21(8-6-20)34(36)37/h4-9,16-17H,10-15,18H2,1-3H3. The average Bonchev–Trinajstić information content (AvgIpc) is 2.98. The number of carbonyl (C=O) groups is 1. The molecule has 0 N–H and O–H groups in total. The van der Waals surface area contributed by atoms with Crippen LogP contribution < -0.4 is 19.3 Å². The second-order valence-corrected chi connectivity index (χ2v) is 10.5. The highest BCUT2D eigenvalue weighted by Crippen LogP contribution is 2.28. The number of nitro benzene ring substituents is 1. The highest BCUT2D eigenvalue weighted by Gasteiger charge is 2.22. The molecular weight excluding hydrogens is 556 g/mol. The topological polar surface area (TPSA) is 114 Å². The molecule has 2 heterocycles. The summed E-state index contributed by atoms with van der Waals surface area (Å²) in [6.45, 7) is 3.12. The number of hydrogen-bond acceptors (Lipinski definition) is 10. The van der Waals surface area contributed by atoms with E-state index in [1.807, 2.05) is 35.0 Å². The lowest BCUT2D eigenvalue weighted by atomic mass is 10.1. The first kappa shape index (κ1) is 29.2. The molecule has 1 aromatic heterocycles. The van der Waals surface area contributed by atoms with E-state index in [-0.39, 0.29) is 17.3 Å². The lowest BCUT2D eigenvalue weighted by molar-refractivity contribution is -0.384. The maximum atomic E-state index is 12.9. The molecule has 0 saturated carbocycles. The van der Waals surface area contributed by atoms with Gasteiger partial charge in [-0.3, -0.25) is 14.9 Å². The molecule has 212 valence electrons. The van der Waals surface area contributed by atoms with Crippen LogP contribution in [-0.2, 0) is 11.2 Å². The molecule has 40 heavy (non-hydrogen) atoms. The van der Waals surface area contributed by atoms with Gasteiger partial charge in [0.05, 0.1) is 24.9 Å². The van der Waals surface area contributed by atoms with Crippen LogP contribution in [0.1, 0.15) is 5.56 Å². The molecule has 0 bridgehead atoms. The normalized spacial score (nSPS) is 13.2. The zero-order valence-corrected chi connectivity index (χ0v) is 24.2. The SMILES string of the molecule is COc1ccc(CCN(C)c2cc(Cl)nc(SCC(=O)N3CCN(c4ccc([N+](=O)[O-])cc4)CC3)n2)cc1OC. The zero-order chi connectivity index (χ0) is 28.6. The summed E-state index contributed by atoms with van der Waals surface area (Å²) in [5, 5.41) is 11.6. The minimum Gasteiger partial charge on any atom is -0.493 e. The van der Waals surface area contributed by atoms with Crippen molar-refractivity contribution >= 4 is 46.5 Å². The quantitative estimate of drug-likeness (QED) is 0.107. The monoisotopic (exact) mass is 586 g/mol. The van der Waals surface area contributed by atoms with Crippen LogP contribution in [0.3, 0.4) is 0 Å². The fourth-order valence-corrected chi connectivity index (χ4v) is 5.29. The molecule has 11 nitrogen and oxygen atoms in total. The van der Waals surface area contributed by atoms with Crippen molar-refractivity contribution in [3.8, 4) is 11.5 Å². The Kier molecular flexibility index (Phi) is 9.88. The van der Waals surface area contributed by atoms with Crippen molar-refractivity contribution in [1.82, 2.24) is 14.9 Å². The predicted molar refractivity (Wildman–Crippen MR) is 156 cm³/mol. The Hall–Kier alpha value is -3.77. The number of nitro groups is 1. The first-order valence-electron chi connectivity index (χ1n) is 12.6. The van der Waals surface area contributed by atoms with Gasteiger partial charge in [-0.1, -0.05) is 29.4 Å². The molecule has 1 saturated heterocycles. The molecular formula is C27H31ClN6O5S. The number of likely N-dealkylation sites (N-methyl/N-ethyl adjacent to an activating group) is 1. The predicted octanol–water partition coefficient (Wildman–Crippen LogP) is 4.18. The Morgan fingerprint density at radius 1 is 1.05 bits per heavy atom. The van der Waals surface area contributed by atoms with E-state index in [1.165, 1.54) is 23.9 Å². The number of thioether (sulfide) groups is 1. The van der Waals surface area contributed by atoms with Gasteiger partial charge in [-0.15, -0.1) is 0 Å². The summed E-state index contributed by atoms with van der Waals surface area (Å²) in [5.74, 6) is 2.24. The Balaban J connectivity index is 1.28. The van der Waals surface area contributed by atoms with Gasteiger partial charge in [-0.2, -0.15) is 0 Å². The van der Waals surface area contributed by atoms with Crippen molar-refractivity contribution in [3.63, 3.8) is 0 Å². The Morgan fingerprint density at radius 3 is 2.40 bits per heavy atom. The second-order valence-electron chi connectivity index (χ2n) is 9.12. The lowest BCUT2D eigenvalue weighted by Gasteiger charge is -2.36. The summed E-state index contributed by atoms with van der Waals surface area (Å²) in [6, 6.07) is 14.0. The van der Waals surface area contributed by atoms with Gasteiger partial charge in [0.2, 0.25) is 5.91 Å². The molecule has 0 unspecified atom stereocenters.